The van der Waals surface area contributed by atoms with Crippen molar-refractivity contribution in [2.24, 2.45) is 5.10 Å². The summed E-state index contributed by atoms with van der Waals surface area (Å²) in [5.74, 6) is -0.272. The van der Waals surface area contributed by atoms with E-state index in [-0.39, 0.29) is 5.91 Å². The number of rotatable bonds is 3. The summed E-state index contributed by atoms with van der Waals surface area (Å²) in [5.41, 5.74) is 5.28. The number of hydrazone groups is 1. The summed E-state index contributed by atoms with van der Waals surface area (Å²) in [6, 6.07) is 9.53. The molecule has 5 nitrogen and oxygen atoms in total. The maximum absolute atomic E-state index is 12.4. The molecule has 3 aromatic rings. The van der Waals surface area contributed by atoms with Crippen LogP contribution in [0, 0.1) is 6.92 Å². The third-order valence-corrected chi connectivity index (χ3v) is 4.91. The van der Waals surface area contributed by atoms with Gasteiger partial charge in [0, 0.05) is 6.20 Å². The third-order valence-electron chi connectivity index (χ3n) is 3.17. The number of nitrogens with one attached hydrogen (secondary N) is 1. The van der Waals surface area contributed by atoms with Crippen LogP contribution in [0.3, 0.4) is 0 Å². The SMILES string of the molecule is C/C(=N/NC(=O)c1c(C)nc2ccccn12)c1ccc(Br)s1. The molecular formula is C15H13BrN4OS. The van der Waals surface area contributed by atoms with Crippen LogP contribution in [0.25, 0.3) is 5.65 Å². The molecule has 0 radical (unpaired) electrons. The molecule has 0 aliphatic rings. The Morgan fingerprint density at radius 2 is 2.18 bits per heavy atom. The molecule has 7 heteroatoms. The molecule has 0 aliphatic carbocycles. The molecule has 0 fully saturated rings. The Morgan fingerprint density at radius 1 is 1.36 bits per heavy atom. The van der Waals surface area contributed by atoms with Crippen LogP contribution < -0.4 is 5.43 Å². The fourth-order valence-corrected chi connectivity index (χ4v) is 3.47. The molecule has 0 saturated carbocycles. The van der Waals surface area contributed by atoms with Crippen molar-refractivity contribution in [1.82, 2.24) is 14.8 Å². The third kappa shape index (κ3) is 2.82. The minimum atomic E-state index is -0.272. The van der Waals surface area contributed by atoms with Crippen LogP contribution in [0.5, 0.6) is 0 Å². The fraction of sp³-hybridized carbons (Fsp3) is 0.133. The predicted molar refractivity (Wildman–Crippen MR) is 91.6 cm³/mol. The fourth-order valence-electron chi connectivity index (χ4n) is 2.14. The number of hydrogen-bond donors (Lipinski definition) is 1. The summed E-state index contributed by atoms with van der Waals surface area (Å²) in [6.45, 7) is 3.68. The molecule has 1 N–H and O–H groups in total. The first kappa shape index (κ1) is 14.9. The molecule has 0 saturated heterocycles. The van der Waals surface area contributed by atoms with Gasteiger partial charge in [-0.3, -0.25) is 9.20 Å². The molecule has 0 aromatic carbocycles. The minimum absolute atomic E-state index is 0.272. The van der Waals surface area contributed by atoms with E-state index in [0.717, 1.165) is 20.0 Å². The van der Waals surface area contributed by atoms with Crippen molar-refractivity contribution in [1.29, 1.82) is 0 Å². The van der Waals surface area contributed by atoms with Crippen molar-refractivity contribution in [3.63, 3.8) is 0 Å². The molecule has 1 amide bonds. The molecule has 0 bridgehead atoms. The van der Waals surface area contributed by atoms with Gasteiger partial charge in [-0.2, -0.15) is 5.10 Å². The molecule has 22 heavy (non-hydrogen) atoms. The molecule has 3 heterocycles. The molecule has 3 aromatic heterocycles. The van der Waals surface area contributed by atoms with Crippen molar-refractivity contribution < 1.29 is 4.79 Å². The molecule has 112 valence electrons. The van der Waals surface area contributed by atoms with Crippen molar-refractivity contribution >= 4 is 44.5 Å². The number of aryl methyl sites for hydroxylation is 1. The molecule has 0 aliphatic heterocycles. The second-order valence-electron chi connectivity index (χ2n) is 4.72. The first-order chi connectivity index (χ1) is 10.6. The number of hydrogen-bond acceptors (Lipinski definition) is 4. The summed E-state index contributed by atoms with van der Waals surface area (Å²) in [5, 5.41) is 4.18. The van der Waals surface area contributed by atoms with Gasteiger partial charge >= 0.3 is 0 Å². The second-order valence-corrected chi connectivity index (χ2v) is 7.18. The Bertz CT molecular complexity index is 881. The first-order valence-electron chi connectivity index (χ1n) is 6.60. The Balaban J connectivity index is 1.86. The first-order valence-corrected chi connectivity index (χ1v) is 8.21. The number of thiophene rings is 1. The molecule has 0 unspecified atom stereocenters. The van der Waals surface area contributed by atoms with E-state index in [4.69, 9.17) is 0 Å². The smallest absolute Gasteiger partial charge is 0.290 e. The van der Waals surface area contributed by atoms with E-state index >= 15 is 0 Å². The monoisotopic (exact) mass is 376 g/mol. The number of amides is 1. The zero-order chi connectivity index (χ0) is 15.7. The molecule has 0 spiro atoms. The van der Waals surface area contributed by atoms with Crippen LogP contribution in [0.4, 0.5) is 0 Å². The maximum atomic E-state index is 12.4. The van der Waals surface area contributed by atoms with Crippen molar-refractivity contribution in [2.45, 2.75) is 13.8 Å². The topological polar surface area (TPSA) is 58.8 Å². The zero-order valence-corrected chi connectivity index (χ0v) is 14.4. The van der Waals surface area contributed by atoms with Gasteiger partial charge < -0.3 is 0 Å². The van der Waals surface area contributed by atoms with Crippen LogP contribution in [0.2, 0.25) is 0 Å². The summed E-state index contributed by atoms with van der Waals surface area (Å²) >= 11 is 4.98. The summed E-state index contributed by atoms with van der Waals surface area (Å²) in [7, 11) is 0. The Labute approximate surface area is 139 Å². The van der Waals surface area contributed by atoms with E-state index in [1.165, 1.54) is 0 Å². The number of imidazole rings is 1. The lowest BCUT2D eigenvalue weighted by Crippen LogP contribution is -2.21. The van der Waals surface area contributed by atoms with Gasteiger partial charge in [0.05, 0.1) is 20.1 Å². The summed E-state index contributed by atoms with van der Waals surface area (Å²) in [6.07, 6.45) is 1.82. The largest absolute Gasteiger partial charge is 0.295 e. The highest BCUT2D eigenvalue weighted by Gasteiger charge is 2.16. The van der Waals surface area contributed by atoms with Crippen LogP contribution in [-0.2, 0) is 0 Å². The Kier molecular flexibility index (Phi) is 4.08. The van der Waals surface area contributed by atoms with Gasteiger partial charge in [0.15, 0.2) is 0 Å². The zero-order valence-electron chi connectivity index (χ0n) is 12.0. The van der Waals surface area contributed by atoms with E-state index in [2.05, 4.69) is 31.4 Å². The van der Waals surface area contributed by atoms with Gasteiger partial charge in [0.2, 0.25) is 0 Å². The maximum Gasteiger partial charge on any atom is 0.290 e. The van der Waals surface area contributed by atoms with Crippen LogP contribution in [0.1, 0.15) is 28.0 Å². The molecule has 3 rings (SSSR count). The van der Waals surface area contributed by atoms with Crippen LogP contribution >= 0.6 is 27.3 Å². The summed E-state index contributed by atoms with van der Waals surface area (Å²) in [4.78, 5) is 17.8. The number of carbonyl (C=O) groups excluding carboxylic acids is 1. The standard InChI is InChI=1S/C15H13BrN4OS/c1-9(11-6-7-12(16)22-11)18-19-15(21)14-10(2)17-13-5-3-4-8-20(13)14/h3-8H,1-2H3,(H,19,21)/b18-9-. The van der Waals surface area contributed by atoms with E-state index in [1.807, 2.05) is 50.4 Å². The lowest BCUT2D eigenvalue weighted by atomic mass is 10.3. The van der Waals surface area contributed by atoms with Gasteiger partial charge in [-0.15, -0.1) is 11.3 Å². The van der Waals surface area contributed by atoms with Gasteiger partial charge in [0.1, 0.15) is 11.3 Å². The van der Waals surface area contributed by atoms with Gasteiger partial charge in [0.25, 0.3) is 5.91 Å². The average Bonchev–Trinajstić information content (AvgIpc) is 3.07. The Hall–Kier alpha value is -1.99. The van der Waals surface area contributed by atoms with E-state index < -0.39 is 0 Å². The van der Waals surface area contributed by atoms with Crippen molar-refractivity contribution in [3.8, 4) is 0 Å². The van der Waals surface area contributed by atoms with E-state index in [9.17, 15) is 4.79 Å². The van der Waals surface area contributed by atoms with Gasteiger partial charge in [-0.25, -0.2) is 10.4 Å². The van der Waals surface area contributed by atoms with E-state index in [0.29, 0.717) is 11.4 Å². The number of pyridine rings is 1. The van der Waals surface area contributed by atoms with E-state index in [1.54, 1.807) is 15.7 Å². The Morgan fingerprint density at radius 3 is 2.91 bits per heavy atom. The van der Waals surface area contributed by atoms with Crippen LogP contribution in [-0.4, -0.2) is 21.0 Å². The van der Waals surface area contributed by atoms with Crippen LogP contribution in [0.15, 0.2) is 45.4 Å². The van der Waals surface area contributed by atoms with Crippen molar-refractivity contribution in [3.05, 3.63) is 56.6 Å². The molecule has 0 atom stereocenters. The van der Waals surface area contributed by atoms with Crippen molar-refractivity contribution in [2.75, 3.05) is 0 Å². The average molecular weight is 377 g/mol. The number of aromatic nitrogens is 2. The summed E-state index contributed by atoms with van der Waals surface area (Å²) < 4.78 is 2.79. The highest BCUT2D eigenvalue weighted by atomic mass is 79.9. The number of fused-ring (bicyclic) bond motifs is 1. The highest BCUT2D eigenvalue weighted by molar-refractivity contribution is 9.11. The predicted octanol–water partition coefficient (Wildman–Crippen LogP) is 3.62. The second kappa shape index (κ2) is 6.02. The molecular weight excluding hydrogens is 364 g/mol. The number of carbonyl (C=O) groups is 1. The van der Waals surface area contributed by atoms with Gasteiger partial charge in [-0.1, -0.05) is 6.07 Å². The quantitative estimate of drug-likeness (QED) is 0.560. The lowest BCUT2D eigenvalue weighted by Gasteiger charge is -2.02. The highest BCUT2D eigenvalue weighted by Crippen LogP contribution is 2.22. The number of halogens is 1. The lowest BCUT2D eigenvalue weighted by molar-refractivity contribution is 0.0948. The normalized spacial score (nSPS) is 11.9. The minimum Gasteiger partial charge on any atom is -0.295 e. The number of nitrogens with zero attached hydrogens (tertiary/aromatic N) is 3. The van der Waals surface area contributed by atoms with Gasteiger partial charge in [-0.05, 0) is 54.0 Å².